The van der Waals surface area contributed by atoms with E-state index in [4.69, 9.17) is 5.11 Å². The number of nitrogens with one attached hydrogen (secondary N) is 1. The molecule has 1 amide bonds. The van der Waals surface area contributed by atoms with Crippen LogP contribution in [0.3, 0.4) is 0 Å². The van der Waals surface area contributed by atoms with Crippen molar-refractivity contribution in [2.75, 3.05) is 6.54 Å². The zero-order valence-corrected chi connectivity index (χ0v) is 11.0. The van der Waals surface area contributed by atoms with E-state index in [0.29, 0.717) is 13.0 Å². The van der Waals surface area contributed by atoms with Crippen LogP contribution in [-0.2, 0) is 9.59 Å². The number of aliphatic carboxylic acids is 1. The highest BCUT2D eigenvalue weighted by Crippen LogP contribution is 2.07. The minimum absolute atomic E-state index is 0.0462. The van der Waals surface area contributed by atoms with Gasteiger partial charge in [0.2, 0.25) is 5.91 Å². The van der Waals surface area contributed by atoms with E-state index in [1.54, 1.807) is 0 Å². The van der Waals surface area contributed by atoms with Crippen LogP contribution in [0.25, 0.3) is 0 Å². The fraction of sp³-hybridized carbons (Fsp3) is 0.846. The highest BCUT2D eigenvalue weighted by molar-refractivity contribution is 5.75. The van der Waals surface area contributed by atoms with E-state index in [2.05, 4.69) is 12.2 Å². The molecule has 4 nitrogen and oxygen atoms in total. The summed E-state index contributed by atoms with van der Waals surface area (Å²) in [6.45, 7) is 4.56. The zero-order valence-electron chi connectivity index (χ0n) is 11.0. The number of carbonyl (C=O) groups excluding carboxylic acids is 1. The molecule has 0 heterocycles. The van der Waals surface area contributed by atoms with Crippen LogP contribution in [0.5, 0.6) is 0 Å². The first-order valence-electron chi connectivity index (χ1n) is 6.58. The van der Waals surface area contributed by atoms with Crippen LogP contribution in [-0.4, -0.2) is 23.5 Å². The van der Waals surface area contributed by atoms with Gasteiger partial charge < -0.3 is 10.4 Å². The van der Waals surface area contributed by atoms with Gasteiger partial charge in [0, 0.05) is 19.4 Å². The Kier molecular flexibility index (Phi) is 9.49. The average molecular weight is 243 g/mol. The molecule has 0 rings (SSSR count). The molecule has 0 aliphatic rings. The van der Waals surface area contributed by atoms with E-state index in [0.717, 1.165) is 25.7 Å². The van der Waals surface area contributed by atoms with Crippen molar-refractivity contribution in [1.29, 1.82) is 0 Å². The van der Waals surface area contributed by atoms with Crippen molar-refractivity contribution in [2.24, 2.45) is 5.92 Å². The van der Waals surface area contributed by atoms with Gasteiger partial charge in [-0.3, -0.25) is 9.59 Å². The van der Waals surface area contributed by atoms with E-state index in [1.807, 2.05) is 6.92 Å². The molecule has 1 unspecified atom stereocenters. The summed E-state index contributed by atoms with van der Waals surface area (Å²) < 4.78 is 0. The highest BCUT2D eigenvalue weighted by Gasteiger charge is 2.12. The van der Waals surface area contributed by atoms with E-state index in [1.165, 1.54) is 6.42 Å². The molecule has 100 valence electrons. The van der Waals surface area contributed by atoms with E-state index in [-0.39, 0.29) is 18.2 Å². The minimum atomic E-state index is -0.797. The van der Waals surface area contributed by atoms with Gasteiger partial charge in [-0.05, 0) is 12.3 Å². The maximum absolute atomic E-state index is 11.5. The standard InChI is InChI=1S/C13H25NO3/c1-3-5-6-7-8-12(15)14-10-11(4-2)9-13(16)17/h11H,3-10H2,1-2H3,(H,14,15)(H,16,17). The highest BCUT2D eigenvalue weighted by atomic mass is 16.4. The van der Waals surface area contributed by atoms with Crippen molar-refractivity contribution in [2.45, 2.75) is 58.8 Å². The quantitative estimate of drug-likeness (QED) is 0.579. The second-order valence-corrected chi connectivity index (χ2v) is 4.49. The summed E-state index contributed by atoms with van der Waals surface area (Å²) in [5.41, 5.74) is 0. The number of carboxylic acids is 1. The van der Waals surface area contributed by atoms with Crippen LogP contribution in [0.15, 0.2) is 0 Å². The Labute approximate surface area is 104 Å². The third-order valence-corrected chi connectivity index (χ3v) is 2.89. The molecule has 0 aromatic rings. The second-order valence-electron chi connectivity index (χ2n) is 4.49. The molecule has 17 heavy (non-hydrogen) atoms. The number of hydrogen-bond acceptors (Lipinski definition) is 2. The van der Waals surface area contributed by atoms with Crippen molar-refractivity contribution >= 4 is 11.9 Å². The van der Waals surface area contributed by atoms with Crippen LogP contribution in [0.4, 0.5) is 0 Å². The lowest BCUT2D eigenvalue weighted by molar-refractivity contribution is -0.138. The summed E-state index contributed by atoms with van der Waals surface area (Å²) in [6.07, 6.45) is 5.83. The first-order chi connectivity index (χ1) is 8.10. The molecule has 0 aromatic carbocycles. The van der Waals surface area contributed by atoms with Crippen molar-refractivity contribution < 1.29 is 14.7 Å². The zero-order chi connectivity index (χ0) is 13.1. The van der Waals surface area contributed by atoms with Gasteiger partial charge in [0.05, 0.1) is 0 Å². The fourth-order valence-corrected chi connectivity index (χ4v) is 1.67. The molecule has 0 saturated carbocycles. The normalized spacial score (nSPS) is 12.1. The Hall–Kier alpha value is -1.06. The Bertz CT molecular complexity index is 229. The van der Waals surface area contributed by atoms with Gasteiger partial charge in [-0.15, -0.1) is 0 Å². The van der Waals surface area contributed by atoms with E-state index >= 15 is 0 Å². The van der Waals surface area contributed by atoms with Crippen LogP contribution >= 0.6 is 0 Å². The predicted molar refractivity (Wildman–Crippen MR) is 67.8 cm³/mol. The predicted octanol–water partition coefficient (Wildman–Crippen LogP) is 2.57. The Morgan fingerprint density at radius 2 is 1.88 bits per heavy atom. The van der Waals surface area contributed by atoms with Crippen molar-refractivity contribution in [3.05, 3.63) is 0 Å². The Morgan fingerprint density at radius 1 is 1.18 bits per heavy atom. The van der Waals surface area contributed by atoms with Gasteiger partial charge in [-0.25, -0.2) is 0 Å². The first-order valence-corrected chi connectivity index (χ1v) is 6.58. The van der Waals surface area contributed by atoms with Gasteiger partial charge >= 0.3 is 5.97 Å². The van der Waals surface area contributed by atoms with Crippen LogP contribution in [0, 0.1) is 5.92 Å². The molecule has 0 aliphatic carbocycles. The third kappa shape index (κ3) is 9.85. The Balaban J connectivity index is 3.62. The summed E-state index contributed by atoms with van der Waals surface area (Å²) in [5, 5.41) is 11.5. The Morgan fingerprint density at radius 3 is 2.41 bits per heavy atom. The maximum Gasteiger partial charge on any atom is 0.303 e. The molecule has 0 bridgehead atoms. The number of carbonyl (C=O) groups is 2. The van der Waals surface area contributed by atoms with E-state index < -0.39 is 5.97 Å². The lowest BCUT2D eigenvalue weighted by Gasteiger charge is -2.13. The lowest BCUT2D eigenvalue weighted by Crippen LogP contribution is -2.29. The lowest BCUT2D eigenvalue weighted by atomic mass is 10.0. The second kappa shape index (κ2) is 10.1. The maximum atomic E-state index is 11.5. The monoisotopic (exact) mass is 243 g/mol. The van der Waals surface area contributed by atoms with Gasteiger partial charge in [-0.1, -0.05) is 39.5 Å². The SMILES string of the molecule is CCCCCCC(=O)NCC(CC)CC(=O)O. The smallest absolute Gasteiger partial charge is 0.303 e. The van der Waals surface area contributed by atoms with Gasteiger partial charge in [0.25, 0.3) is 0 Å². The van der Waals surface area contributed by atoms with Gasteiger partial charge in [-0.2, -0.15) is 0 Å². The average Bonchev–Trinajstić information content (AvgIpc) is 2.29. The summed E-state index contributed by atoms with van der Waals surface area (Å²) in [4.78, 5) is 22.0. The molecule has 4 heteroatoms. The number of unbranched alkanes of at least 4 members (excludes halogenated alkanes) is 3. The van der Waals surface area contributed by atoms with Gasteiger partial charge in [0.1, 0.15) is 0 Å². The molecular weight excluding hydrogens is 218 g/mol. The molecule has 0 spiro atoms. The van der Waals surface area contributed by atoms with E-state index in [9.17, 15) is 9.59 Å². The summed E-state index contributed by atoms with van der Waals surface area (Å²) in [7, 11) is 0. The summed E-state index contributed by atoms with van der Waals surface area (Å²) in [5.74, 6) is -0.703. The molecule has 0 radical (unpaired) electrons. The van der Waals surface area contributed by atoms with Crippen LogP contribution in [0.1, 0.15) is 58.8 Å². The number of rotatable bonds is 10. The topological polar surface area (TPSA) is 66.4 Å². The molecule has 0 aromatic heterocycles. The van der Waals surface area contributed by atoms with Gasteiger partial charge in [0.15, 0.2) is 0 Å². The third-order valence-electron chi connectivity index (χ3n) is 2.89. The van der Waals surface area contributed by atoms with Crippen LogP contribution in [0.2, 0.25) is 0 Å². The number of amides is 1. The largest absolute Gasteiger partial charge is 0.481 e. The molecule has 0 aliphatic heterocycles. The molecule has 0 saturated heterocycles. The molecule has 2 N–H and O–H groups in total. The summed E-state index contributed by atoms with van der Waals surface area (Å²) >= 11 is 0. The van der Waals surface area contributed by atoms with Crippen molar-refractivity contribution in [3.63, 3.8) is 0 Å². The summed E-state index contributed by atoms with van der Waals surface area (Å²) in [6, 6.07) is 0. The fourth-order valence-electron chi connectivity index (χ4n) is 1.67. The number of carboxylic acid groups (broad SMARTS) is 1. The number of hydrogen-bond donors (Lipinski definition) is 2. The first kappa shape index (κ1) is 15.9. The van der Waals surface area contributed by atoms with Crippen molar-refractivity contribution in [3.8, 4) is 0 Å². The minimum Gasteiger partial charge on any atom is -0.481 e. The molecular formula is C13H25NO3. The van der Waals surface area contributed by atoms with Crippen LogP contribution < -0.4 is 5.32 Å². The molecule has 1 atom stereocenters. The van der Waals surface area contributed by atoms with Crippen molar-refractivity contribution in [1.82, 2.24) is 5.32 Å². The molecule has 0 fully saturated rings.